The Bertz CT molecular complexity index is 1210. The van der Waals surface area contributed by atoms with Crippen LogP contribution in [0.4, 0.5) is 0 Å². The molecule has 0 aliphatic carbocycles. The molecule has 0 spiro atoms. The van der Waals surface area contributed by atoms with Crippen LogP contribution in [0.15, 0.2) is 54.6 Å². The monoisotopic (exact) mass is 563 g/mol. The van der Waals surface area contributed by atoms with Gasteiger partial charge in [-0.1, -0.05) is 42.5 Å². The molecule has 41 heavy (non-hydrogen) atoms. The lowest BCUT2D eigenvalue weighted by Crippen LogP contribution is -2.57. The number of nitrogens with zero attached hydrogens (tertiary/aromatic N) is 3. The van der Waals surface area contributed by atoms with E-state index in [2.05, 4.69) is 29.4 Å². The predicted molar refractivity (Wildman–Crippen MR) is 155 cm³/mol. The lowest BCUT2D eigenvalue weighted by Gasteiger charge is -2.38. The maximum atomic E-state index is 13.7. The second-order valence-corrected chi connectivity index (χ2v) is 10.8. The van der Waals surface area contributed by atoms with Crippen LogP contribution in [0.3, 0.4) is 0 Å². The third-order valence-corrected chi connectivity index (χ3v) is 7.71. The van der Waals surface area contributed by atoms with E-state index in [0.29, 0.717) is 50.9 Å². The molecule has 0 aromatic heterocycles. The molecule has 1 fully saturated rings. The number of likely N-dealkylation sites (N-methyl/N-ethyl adjacent to an activating group) is 1. The van der Waals surface area contributed by atoms with Gasteiger partial charge < -0.3 is 25.2 Å². The Labute approximate surface area is 242 Å². The molecule has 2 heterocycles. The normalized spacial score (nSPS) is 21.4. The fourth-order valence-electron chi connectivity index (χ4n) is 5.29. The fraction of sp³-hybridized carbons (Fsp3) is 0.484. The largest absolute Gasteiger partial charge is 0.491 e. The van der Waals surface area contributed by atoms with Crippen molar-refractivity contribution in [1.82, 2.24) is 25.3 Å². The Hall–Kier alpha value is -3.92. The van der Waals surface area contributed by atoms with Gasteiger partial charge in [-0.3, -0.25) is 24.1 Å². The number of nitrogens with one attached hydrogen (secondary N) is 2. The first-order valence-electron chi connectivity index (χ1n) is 14.4. The maximum absolute atomic E-state index is 13.7. The van der Waals surface area contributed by atoms with Crippen molar-refractivity contribution in [2.75, 3.05) is 45.9 Å². The molecule has 0 unspecified atom stereocenters. The van der Waals surface area contributed by atoms with E-state index in [1.165, 1.54) is 0 Å². The minimum absolute atomic E-state index is 0.165. The summed E-state index contributed by atoms with van der Waals surface area (Å²) in [4.78, 5) is 59.9. The Kier molecular flexibility index (Phi) is 10.3. The number of rotatable bonds is 5. The van der Waals surface area contributed by atoms with E-state index in [4.69, 9.17) is 4.74 Å². The number of carbonyl (C=O) groups is 4. The summed E-state index contributed by atoms with van der Waals surface area (Å²) in [6, 6.07) is 14.7. The highest BCUT2D eigenvalue weighted by Crippen LogP contribution is 2.19. The van der Waals surface area contributed by atoms with Crippen LogP contribution in [-0.4, -0.2) is 102 Å². The highest BCUT2D eigenvalue weighted by molar-refractivity contribution is 6.01. The van der Waals surface area contributed by atoms with Gasteiger partial charge in [-0.05, 0) is 38.5 Å². The van der Waals surface area contributed by atoms with Crippen LogP contribution >= 0.6 is 0 Å². The third kappa shape index (κ3) is 7.85. The van der Waals surface area contributed by atoms with Crippen molar-refractivity contribution in [2.45, 2.75) is 51.7 Å². The fourth-order valence-corrected chi connectivity index (χ4v) is 5.29. The molecule has 0 radical (unpaired) electrons. The van der Waals surface area contributed by atoms with Crippen molar-refractivity contribution in [2.24, 2.45) is 0 Å². The van der Waals surface area contributed by atoms with Gasteiger partial charge in [0.2, 0.25) is 17.7 Å². The van der Waals surface area contributed by atoms with Crippen molar-refractivity contribution >= 4 is 23.6 Å². The minimum Gasteiger partial charge on any atom is -0.491 e. The van der Waals surface area contributed by atoms with Crippen LogP contribution < -0.4 is 15.4 Å². The van der Waals surface area contributed by atoms with Crippen molar-refractivity contribution in [1.29, 1.82) is 0 Å². The summed E-state index contributed by atoms with van der Waals surface area (Å²) in [5.74, 6) is -1.16. The van der Waals surface area contributed by atoms with Gasteiger partial charge in [-0.2, -0.15) is 0 Å². The molecule has 220 valence electrons. The second kappa shape index (κ2) is 14.1. The van der Waals surface area contributed by atoms with Gasteiger partial charge in [0, 0.05) is 45.2 Å². The maximum Gasteiger partial charge on any atom is 0.255 e. The topological polar surface area (TPSA) is 111 Å². The number of amides is 4. The first-order valence-corrected chi connectivity index (χ1v) is 14.4. The van der Waals surface area contributed by atoms with Crippen LogP contribution in [-0.2, 0) is 20.8 Å². The molecule has 4 amide bonds. The molecule has 2 atom stereocenters. The van der Waals surface area contributed by atoms with Gasteiger partial charge in [0.05, 0.1) is 18.5 Å². The Morgan fingerprint density at radius 1 is 0.927 bits per heavy atom. The first kappa shape index (κ1) is 30.0. The smallest absolute Gasteiger partial charge is 0.255 e. The van der Waals surface area contributed by atoms with Crippen LogP contribution in [0, 0.1) is 0 Å². The van der Waals surface area contributed by atoms with E-state index in [-0.39, 0.29) is 37.0 Å². The van der Waals surface area contributed by atoms with Gasteiger partial charge in [0.25, 0.3) is 5.91 Å². The molecule has 0 bridgehead atoms. The lowest BCUT2D eigenvalue weighted by atomic mass is 10.0. The van der Waals surface area contributed by atoms with Crippen LogP contribution in [0.2, 0.25) is 0 Å². The first-order chi connectivity index (χ1) is 19.8. The molecular weight excluding hydrogens is 522 g/mol. The zero-order valence-corrected chi connectivity index (χ0v) is 24.2. The summed E-state index contributed by atoms with van der Waals surface area (Å²) in [5.41, 5.74) is 1.17. The van der Waals surface area contributed by atoms with E-state index in [1.54, 1.807) is 34.1 Å². The summed E-state index contributed by atoms with van der Waals surface area (Å²) in [5, 5.41) is 5.68. The van der Waals surface area contributed by atoms with E-state index >= 15 is 0 Å². The van der Waals surface area contributed by atoms with Crippen LogP contribution in [0.25, 0.3) is 0 Å². The van der Waals surface area contributed by atoms with Crippen molar-refractivity contribution in [3.05, 3.63) is 65.7 Å². The van der Waals surface area contributed by atoms with Gasteiger partial charge in [0.15, 0.2) is 0 Å². The number of fused-ring (bicyclic) bond motifs is 1. The molecular formula is C31H41N5O5. The van der Waals surface area contributed by atoms with Crippen LogP contribution in [0.5, 0.6) is 5.75 Å². The summed E-state index contributed by atoms with van der Waals surface area (Å²) >= 11 is 0. The zero-order chi connectivity index (χ0) is 29.4. The average molecular weight is 564 g/mol. The van der Waals surface area contributed by atoms with Crippen molar-refractivity contribution in [3.8, 4) is 5.75 Å². The van der Waals surface area contributed by atoms with Crippen molar-refractivity contribution in [3.63, 3.8) is 0 Å². The number of hydrogen-bond donors (Lipinski definition) is 2. The number of hydrogen-bond acceptors (Lipinski definition) is 6. The third-order valence-electron chi connectivity index (χ3n) is 7.71. The second-order valence-electron chi connectivity index (χ2n) is 10.8. The molecule has 2 aliphatic rings. The Balaban J connectivity index is 1.62. The summed E-state index contributed by atoms with van der Waals surface area (Å²) in [6.07, 6.45) is 0.0103. The molecule has 2 N–H and O–H groups in total. The molecule has 10 heteroatoms. The number of benzene rings is 2. The van der Waals surface area contributed by atoms with E-state index in [1.807, 2.05) is 37.3 Å². The standard InChI is InChI=1S/C31H41N5O5/c1-4-34-18-19-41-27-13-9-8-12-24(27)29(38)33-26(31(40)36-16-14-35(15-17-36)22(2)3)21-28(37)32-25(30(34)39)20-23-10-6-5-7-11-23/h5-13,22,25-26H,4,14-21H2,1-3H3,(H,32,37)(H,33,38)/t25-,26-/m0/s1. The highest BCUT2D eigenvalue weighted by Gasteiger charge is 2.33. The number of carbonyl (C=O) groups excluding carboxylic acids is 4. The average Bonchev–Trinajstić information content (AvgIpc) is 2.98. The van der Waals surface area contributed by atoms with Crippen LogP contribution in [0.1, 0.15) is 43.1 Å². The lowest BCUT2D eigenvalue weighted by molar-refractivity contribution is -0.139. The predicted octanol–water partition coefficient (Wildman–Crippen LogP) is 1.70. The van der Waals surface area contributed by atoms with Gasteiger partial charge >= 0.3 is 0 Å². The van der Waals surface area contributed by atoms with E-state index in [9.17, 15) is 19.2 Å². The highest BCUT2D eigenvalue weighted by atomic mass is 16.5. The molecule has 2 aromatic rings. The van der Waals surface area contributed by atoms with Crippen molar-refractivity contribution < 1.29 is 23.9 Å². The summed E-state index contributed by atoms with van der Waals surface area (Å²) in [6.45, 7) is 9.43. The number of piperazine rings is 1. The quantitative estimate of drug-likeness (QED) is 0.573. The SMILES string of the molecule is CCN1CCOc2ccccc2C(=O)N[C@H](C(=O)N2CCN(C(C)C)CC2)CC(=O)N[C@@H](Cc2ccccc2)C1=O. The van der Waals surface area contributed by atoms with Gasteiger partial charge in [-0.15, -0.1) is 0 Å². The van der Waals surface area contributed by atoms with Gasteiger partial charge in [-0.25, -0.2) is 0 Å². The summed E-state index contributed by atoms with van der Waals surface area (Å²) < 4.78 is 5.96. The molecule has 0 saturated carbocycles. The number of ether oxygens (including phenoxy) is 1. The molecule has 2 aromatic carbocycles. The molecule has 1 saturated heterocycles. The van der Waals surface area contributed by atoms with Gasteiger partial charge in [0.1, 0.15) is 24.4 Å². The molecule has 2 aliphatic heterocycles. The Morgan fingerprint density at radius 3 is 2.29 bits per heavy atom. The molecule has 4 rings (SSSR count). The number of para-hydroxylation sites is 1. The Morgan fingerprint density at radius 2 is 1.61 bits per heavy atom. The minimum atomic E-state index is -1.10. The summed E-state index contributed by atoms with van der Waals surface area (Å²) in [7, 11) is 0. The zero-order valence-electron chi connectivity index (χ0n) is 24.2. The molecule has 10 nitrogen and oxygen atoms in total. The van der Waals surface area contributed by atoms with E-state index in [0.717, 1.165) is 5.56 Å². The van der Waals surface area contributed by atoms with E-state index < -0.39 is 23.9 Å².